The Kier molecular flexibility index (Phi) is 5.88. The van der Waals surface area contributed by atoms with Gasteiger partial charge in [0.15, 0.2) is 0 Å². The minimum Gasteiger partial charge on any atom is -0.366 e. The van der Waals surface area contributed by atoms with Gasteiger partial charge in [-0.2, -0.15) is 4.98 Å². The van der Waals surface area contributed by atoms with Gasteiger partial charge in [-0.25, -0.2) is 4.98 Å². The lowest BCUT2D eigenvalue weighted by Gasteiger charge is -2.29. The number of halogens is 2. The molecule has 1 radical (unpaired) electrons. The van der Waals surface area contributed by atoms with Crippen molar-refractivity contribution in [2.45, 2.75) is 38.0 Å². The number of nitrogens with two attached hydrogens (primary N) is 1. The van der Waals surface area contributed by atoms with Crippen molar-refractivity contribution in [3.63, 3.8) is 0 Å². The Morgan fingerprint density at radius 1 is 1.42 bits per heavy atom. The molecule has 1 saturated carbocycles. The first-order valence-electron chi connectivity index (χ1n) is 6.41. The van der Waals surface area contributed by atoms with Gasteiger partial charge in [0.05, 0.1) is 4.47 Å². The van der Waals surface area contributed by atoms with Crippen LogP contribution in [-0.2, 0) is 0 Å². The number of aromatic nitrogens is 2. The van der Waals surface area contributed by atoms with Crippen molar-refractivity contribution in [3.05, 3.63) is 16.0 Å². The fraction of sp³-hybridized carbons (Fsp3) is 0.636. The average Bonchev–Trinajstić information content (AvgIpc) is 2.42. The predicted octanol–water partition coefficient (Wildman–Crippen LogP) is 2.36. The molecule has 0 saturated heterocycles. The molecule has 1 aliphatic rings. The molecule has 0 unspecified atom stereocenters. The number of hydrazine groups is 1. The summed E-state index contributed by atoms with van der Waals surface area (Å²) in [4.78, 5) is 8.12. The summed E-state index contributed by atoms with van der Waals surface area (Å²) in [6.45, 7) is 0. The normalized spacial score (nSPS) is 23.1. The zero-order valence-electron chi connectivity index (χ0n) is 10.6. The highest BCUT2D eigenvalue weighted by molar-refractivity contribution is 9.10. The summed E-state index contributed by atoms with van der Waals surface area (Å²) in [5, 5.41) is 6.30. The molecule has 8 heteroatoms. The molecular formula is C11H17BBrClN5. The maximum absolute atomic E-state index is 5.81. The summed E-state index contributed by atoms with van der Waals surface area (Å²) >= 11 is 9.24. The third-order valence-corrected chi connectivity index (χ3v) is 4.23. The summed E-state index contributed by atoms with van der Waals surface area (Å²) in [7, 11) is 1.93. The van der Waals surface area contributed by atoms with Crippen LogP contribution >= 0.6 is 27.5 Å². The quantitative estimate of drug-likeness (QED) is 0.331. The molecule has 0 atom stereocenters. The van der Waals surface area contributed by atoms with Crippen molar-refractivity contribution in [1.29, 1.82) is 0 Å². The van der Waals surface area contributed by atoms with Gasteiger partial charge in [-0.05, 0) is 59.1 Å². The number of hydrogen-bond acceptors (Lipinski definition) is 5. The third-order valence-electron chi connectivity index (χ3n) is 3.47. The van der Waals surface area contributed by atoms with Crippen molar-refractivity contribution in [1.82, 2.24) is 15.3 Å². The van der Waals surface area contributed by atoms with E-state index in [-0.39, 0.29) is 5.28 Å². The molecule has 0 aromatic carbocycles. The van der Waals surface area contributed by atoms with Crippen LogP contribution in [-0.4, -0.2) is 23.4 Å². The zero-order chi connectivity index (χ0) is 13.7. The minimum atomic E-state index is 0.267. The van der Waals surface area contributed by atoms with Crippen LogP contribution in [0.15, 0.2) is 10.7 Å². The van der Waals surface area contributed by atoms with E-state index in [0.29, 0.717) is 6.04 Å². The highest BCUT2D eigenvalue weighted by atomic mass is 79.9. The Morgan fingerprint density at radius 3 is 2.84 bits per heavy atom. The maximum Gasteiger partial charge on any atom is 0.225 e. The lowest BCUT2D eigenvalue weighted by atomic mass is 9.74. The second-order valence-corrected chi connectivity index (χ2v) is 6.00. The van der Waals surface area contributed by atoms with Crippen LogP contribution in [0.5, 0.6) is 0 Å². The summed E-state index contributed by atoms with van der Waals surface area (Å²) < 4.78 is 0.847. The van der Waals surface area contributed by atoms with Gasteiger partial charge in [0.25, 0.3) is 0 Å². The molecule has 1 aromatic heterocycles. The van der Waals surface area contributed by atoms with Crippen LogP contribution in [0.3, 0.4) is 0 Å². The molecule has 5 nitrogen and oxygen atoms in total. The fourth-order valence-corrected chi connectivity index (χ4v) is 2.86. The van der Waals surface area contributed by atoms with Crippen LogP contribution in [0.25, 0.3) is 0 Å². The number of nitrogens with one attached hydrogen (secondary N) is 2. The summed E-state index contributed by atoms with van der Waals surface area (Å²) in [5.41, 5.74) is 0. The summed E-state index contributed by atoms with van der Waals surface area (Å²) in [6, 6.07) is 0.448. The fourth-order valence-electron chi connectivity index (χ4n) is 2.42. The van der Waals surface area contributed by atoms with Crippen molar-refractivity contribution in [2.24, 2.45) is 11.8 Å². The minimum absolute atomic E-state index is 0.267. The third kappa shape index (κ3) is 4.59. The largest absolute Gasteiger partial charge is 0.366 e. The lowest BCUT2D eigenvalue weighted by Crippen LogP contribution is -2.31. The van der Waals surface area contributed by atoms with Gasteiger partial charge in [0.1, 0.15) is 5.82 Å². The molecule has 1 fully saturated rings. The van der Waals surface area contributed by atoms with E-state index in [4.69, 9.17) is 17.4 Å². The van der Waals surface area contributed by atoms with E-state index in [1.54, 1.807) is 6.20 Å². The van der Waals surface area contributed by atoms with E-state index in [9.17, 15) is 0 Å². The number of anilines is 1. The van der Waals surface area contributed by atoms with Gasteiger partial charge >= 0.3 is 0 Å². The zero-order valence-corrected chi connectivity index (χ0v) is 12.9. The van der Waals surface area contributed by atoms with E-state index >= 15 is 0 Å². The van der Waals surface area contributed by atoms with Crippen molar-refractivity contribution < 1.29 is 0 Å². The second-order valence-electron chi connectivity index (χ2n) is 4.80. The number of hydrogen-bond donors (Lipinski definition) is 3. The van der Waals surface area contributed by atoms with Crippen molar-refractivity contribution in [2.75, 3.05) is 5.32 Å². The molecule has 0 bridgehead atoms. The van der Waals surface area contributed by atoms with Gasteiger partial charge in [0.2, 0.25) is 12.7 Å². The van der Waals surface area contributed by atoms with E-state index in [0.717, 1.165) is 35.4 Å². The topological polar surface area (TPSA) is 75.9 Å². The van der Waals surface area contributed by atoms with E-state index in [2.05, 4.69) is 36.6 Å². The lowest BCUT2D eigenvalue weighted by molar-refractivity contribution is 0.359. The molecule has 1 aromatic rings. The van der Waals surface area contributed by atoms with Gasteiger partial charge < -0.3 is 10.7 Å². The molecule has 0 amide bonds. The number of rotatable bonds is 5. The molecule has 1 aliphatic carbocycles. The second kappa shape index (κ2) is 7.43. The Hall–Kier alpha value is -0.365. The first kappa shape index (κ1) is 15.0. The van der Waals surface area contributed by atoms with E-state index < -0.39 is 0 Å². The van der Waals surface area contributed by atoms with Gasteiger partial charge in [-0.1, -0.05) is 6.32 Å². The smallest absolute Gasteiger partial charge is 0.225 e. The molecule has 19 heavy (non-hydrogen) atoms. The Balaban J connectivity index is 1.83. The average molecular weight is 345 g/mol. The molecule has 1 heterocycles. The van der Waals surface area contributed by atoms with E-state index in [1.807, 2.05) is 7.41 Å². The highest BCUT2D eigenvalue weighted by Gasteiger charge is 2.21. The molecular weight excluding hydrogens is 328 g/mol. The maximum atomic E-state index is 5.81. The number of nitrogens with zero attached hydrogens (tertiary/aromatic N) is 2. The van der Waals surface area contributed by atoms with Gasteiger partial charge in [-0.3, -0.25) is 5.84 Å². The molecule has 0 spiro atoms. The van der Waals surface area contributed by atoms with Crippen LogP contribution in [0.4, 0.5) is 5.82 Å². The van der Waals surface area contributed by atoms with Crippen LogP contribution in [0, 0.1) is 5.92 Å². The SMILES string of the molecule is NN[B]CC1CCC(Nc2nc(Cl)ncc2Br)CC1. The van der Waals surface area contributed by atoms with Gasteiger partial charge in [0, 0.05) is 12.2 Å². The van der Waals surface area contributed by atoms with Crippen LogP contribution < -0.4 is 16.5 Å². The Bertz CT molecular complexity index is 414. The Morgan fingerprint density at radius 2 is 2.16 bits per heavy atom. The standard InChI is InChI=1S/C11H17BBrClN5/c13-9-6-16-11(14)18-10(9)17-8-3-1-7(2-4-8)5-12-19-15/h6-8,19H,1-5,15H2,(H,16,17,18). The monoisotopic (exact) mass is 344 g/mol. The van der Waals surface area contributed by atoms with Crippen LogP contribution in [0.2, 0.25) is 11.6 Å². The van der Waals surface area contributed by atoms with Crippen molar-refractivity contribution in [3.8, 4) is 0 Å². The van der Waals surface area contributed by atoms with Gasteiger partial charge in [-0.15, -0.1) is 0 Å². The molecule has 103 valence electrons. The summed E-state index contributed by atoms with van der Waals surface area (Å²) in [5.74, 6) is 6.76. The first-order chi connectivity index (χ1) is 9.19. The van der Waals surface area contributed by atoms with Crippen molar-refractivity contribution >= 4 is 40.8 Å². The highest BCUT2D eigenvalue weighted by Crippen LogP contribution is 2.30. The summed E-state index contributed by atoms with van der Waals surface area (Å²) in [6.07, 6.45) is 7.38. The molecule has 0 aliphatic heterocycles. The first-order valence-corrected chi connectivity index (χ1v) is 7.58. The predicted molar refractivity (Wildman–Crippen MR) is 82.0 cm³/mol. The Labute approximate surface area is 127 Å². The molecule has 4 N–H and O–H groups in total. The van der Waals surface area contributed by atoms with Crippen LogP contribution in [0.1, 0.15) is 25.7 Å². The van der Waals surface area contributed by atoms with E-state index in [1.165, 1.54) is 12.8 Å². The molecule has 2 rings (SSSR count).